The summed E-state index contributed by atoms with van der Waals surface area (Å²) in [6.45, 7) is 2.04. The van der Waals surface area contributed by atoms with Gasteiger partial charge in [0, 0.05) is 12.5 Å². The summed E-state index contributed by atoms with van der Waals surface area (Å²) in [4.78, 5) is 22.9. The molecule has 0 aliphatic heterocycles. The number of benzene rings is 1. The lowest BCUT2D eigenvalue weighted by atomic mass is 9.97. The fourth-order valence-corrected chi connectivity index (χ4v) is 3.86. The SMILES string of the molecule is CCCCCCCC(=O)OCC(C(=O)O)c1ccccc1.CNC1CCCCCCC1. The molecule has 2 rings (SSSR count). The Morgan fingerprint density at radius 1 is 1.00 bits per heavy atom. The molecule has 0 amide bonds. The molecule has 31 heavy (non-hydrogen) atoms. The van der Waals surface area contributed by atoms with E-state index in [2.05, 4.69) is 19.3 Å². The maximum Gasteiger partial charge on any atom is 0.314 e. The zero-order valence-electron chi connectivity index (χ0n) is 19.6. The molecule has 5 heteroatoms. The van der Waals surface area contributed by atoms with Gasteiger partial charge >= 0.3 is 11.9 Å². The first kappa shape index (κ1) is 27.2. The van der Waals surface area contributed by atoms with E-state index < -0.39 is 11.9 Å². The molecule has 1 aromatic carbocycles. The Bertz CT molecular complexity index is 582. The van der Waals surface area contributed by atoms with Crippen molar-refractivity contribution in [1.29, 1.82) is 0 Å². The van der Waals surface area contributed by atoms with Crippen molar-refractivity contribution in [1.82, 2.24) is 5.32 Å². The van der Waals surface area contributed by atoms with Crippen LogP contribution in [-0.4, -0.2) is 36.7 Å². The van der Waals surface area contributed by atoms with Crippen LogP contribution in [0.1, 0.15) is 102 Å². The van der Waals surface area contributed by atoms with E-state index in [-0.39, 0.29) is 12.6 Å². The van der Waals surface area contributed by atoms with Gasteiger partial charge in [-0.15, -0.1) is 0 Å². The molecule has 0 saturated heterocycles. The minimum absolute atomic E-state index is 0.104. The number of unbranched alkanes of at least 4 members (excludes halogenated alkanes) is 4. The van der Waals surface area contributed by atoms with Crippen LogP contribution in [0.2, 0.25) is 0 Å². The number of aliphatic carboxylic acids is 1. The molecule has 0 heterocycles. The zero-order valence-corrected chi connectivity index (χ0v) is 19.6. The Morgan fingerprint density at radius 3 is 2.19 bits per heavy atom. The minimum Gasteiger partial charge on any atom is -0.481 e. The maximum atomic E-state index is 11.6. The Balaban J connectivity index is 0.000000399. The van der Waals surface area contributed by atoms with Gasteiger partial charge in [0.15, 0.2) is 0 Å². The van der Waals surface area contributed by atoms with Gasteiger partial charge in [-0.25, -0.2) is 0 Å². The number of carboxylic acids is 1. The highest BCUT2D eigenvalue weighted by Crippen LogP contribution is 2.17. The van der Waals surface area contributed by atoms with E-state index in [9.17, 15) is 14.7 Å². The van der Waals surface area contributed by atoms with Crippen molar-refractivity contribution in [3.8, 4) is 0 Å². The molecule has 1 fully saturated rings. The first-order valence-corrected chi connectivity index (χ1v) is 12.2. The molecule has 0 aromatic heterocycles. The predicted molar refractivity (Wildman–Crippen MR) is 126 cm³/mol. The Morgan fingerprint density at radius 2 is 1.61 bits per heavy atom. The zero-order chi connectivity index (χ0) is 22.7. The number of carbonyl (C=O) groups excluding carboxylic acids is 1. The third-order valence-corrected chi connectivity index (χ3v) is 5.91. The molecule has 1 unspecified atom stereocenters. The van der Waals surface area contributed by atoms with Gasteiger partial charge in [-0.05, 0) is 31.9 Å². The van der Waals surface area contributed by atoms with Crippen molar-refractivity contribution in [2.45, 2.75) is 102 Å². The van der Waals surface area contributed by atoms with E-state index in [4.69, 9.17) is 4.74 Å². The van der Waals surface area contributed by atoms with Crippen molar-refractivity contribution in [2.24, 2.45) is 0 Å². The molecule has 0 spiro atoms. The van der Waals surface area contributed by atoms with Crippen LogP contribution < -0.4 is 5.32 Å². The number of esters is 1. The third-order valence-electron chi connectivity index (χ3n) is 5.91. The second-order valence-electron chi connectivity index (χ2n) is 8.48. The van der Waals surface area contributed by atoms with Gasteiger partial charge in [0.25, 0.3) is 0 Å². The van der Waals surface area contributed by atoms with E-state index in [1.54, 1.807) is 24.3 Å². The van der Waals surface area contributed by atoms with Crippen LogP contribution in [0, 0.1) is 0 Å². The van der Waals surface area contributed by atoms with E-state index in [1.807, 2.05) is 6.07 Å². The van der Waals surface area contributed by atoms with Crippen molar-refractivity contribution >= 4 is 11.9 Å². The summed E-state index contributed by atoms with van der Waals surface area (Å²) in [5.74, 6) is -2.08. The summed E-state index contributed by atoms with van der Waals surface area (Å²) in [5, 5.41) is 12.6. The molecular formula is C26H43NO4. The average Bonchev–Trinajstić information content (AvgIpc) is 2.75. The van der Waals surface area contributed by atoms with E-state index in [0.717, 1.165) is 25.3 Å². The quantitative estimate of drug-likeness (QED) is 0.327. The van der Waals surface area contributed by atoms with Crippen molar-refractivity contribution < 1.29 is 19.4 Å². The summed E-state index contributed by atoms with van der Waals surface area (Å²) < 4.78 is 5.11. The van der Waals surface area contributed by atoms with Crippen LogP contribution in [-0.2, 0) is 14.3 Å². The predicted octanol–water partition coefficient (Wildman–Crippen LogP) is 6.08. The highest BCUT2D eigenvalue weighted by molar-refractivity contribution is 5.77. The van der Waals surface area contributed by atoms with Gasteiger partial charge < -0.3 is 15.2 Å². The van der Waals surface area contributed by atoms with Gasteiger partial charge in [-0.2, -0.15) is 0 Å². The van der Waals surface area contributed by atoms with Crippen molar-refractivity contribution in [3.63, 3.8) is 0 Å². The van der Waals surface area contributed by atoms with Crippen LogP contribution in [0.3, 0.4) is 0 Å². The lowest BCUT2D eigenvalue weighted by molar-refractivity contribution is -0.148. The molecule has 176 valence electrons. The highest BCUT2D eigenvalue weighted by atomic mass is 16.5. The molecule has 5 nitrogen and oxygen atoms in total. The molecule has 1 aromatic rings. The topological polar surface area (TPSA) is 75.6 Å². The Labute approximate surface area is 189 Å². The minimum atomic E-state index is -0.975. The summed E-state index contributed by atoms with van der Waals surface area (Å²) in [6.07, 6.45) is 15.7. The number of ether oxygens (including phenoxy) is 1. The molecule has 1 aliphatic carbocycles. The smallest absolute Gasteiger partial charge is 0.314 e. The van der Waals surface area contributed by atoms with Crippen molar-refractivity contribution in [3.05, 3.63) is 35.9 Å². The van der Waals surface area contributed by atoms with E-state index in [0.29, 0.717) is 12.0 Å². The Kier molecular flexibility index (Phi) is 15.6. The molecule has 0 bridgehead atoms. The van der Waals surface area contributed by atoms with Gasteiger partial charge in [0.1, 0.15) is 12.5 Å². The first-order chi connectivity index (χ1) is 15.1. The molecule has 1 saturated carbocycles. The molecular weight excluding hydrogens is 390 g/mol. The van der Waals surface area contributed by atoms with E-state index in [1.165, 1.54) is 57.8 Å². The number of hydrogen-bond acceptors (Lipinski definition) is 4. The summed E-state index contributed by atoms with van der Waals surface area (Å²) in [5.41, 5.74) is 0.653. The van der Waals surface area contributed by atoms with Crippen LogP contribution in [0.4, 0.5) is 0 Å². The van der Waals surface area contributed by atoms with Crippen molar-refractivity contribution in [2.75, 3.05) is 13.7 Å². The summed E-state index contributed by atoms with van der Waals surface area (Å²) in [7, 11) is 2.09. The fraction of sp³-hybridized carbons (Fsp3) is 0.692. The van der Waals surface area contributed by atoms with Crippen LogP contribution in [0.25, 0.3) is 0 Å². The van der Waals surface area contributed by atoms with Gasteiger partial charge in [-0.1, -0.05) is 95.0 Å². The standard InChI is InChI=1S/C17H24O4.C9H19N/c1-2-3-4-5-9-12-16(18)21-13-15(17(19)20)14-10-7-6-8-11-14;1-10-9-7-5-3-2-4-6-8-9/h6-8,10-11,15H,2-5,9,12-13H2,1H3,(H,19,20);9-10H,2-8H2,1H3. The number of nitrogens with one attached hydrogen (secondary N) is 1. The number of rotatable bonds is 11. The average molecular weight is 434 g/mol. The summed E-state index contributed by atoms with van der Waals surface area (Å²) in [6, 6.07) is 9.67. The number of hydrogen-bond donors (Lipinski definition) is 2. The second-order valence-corrected chi connectivity index (χ2v) is 8.48. The van der Waals surface area contributed by atoms with Gasteiger partial charge in [0.2, 0.25) is 0 Å². The number of carboxylic acid groups (broad SMARTS) is 1. The highest BCUT2D eigenvalue weighted by Gasteiger charge is 2.21. The molecule has 1 aliphatic rings. The van der Waals surface area contributed by atoms with Gasteiger partial charge in [-0.3, -0.25) is 9.59 Å². The lowest BCUT2D eigenvalue weighted by Gasteiger charge is -2.18. The van der Waals surface area contributed by atoms with Crippen LogP contribution >= 0.6 is 0 Å². The normalized spacial score (nSPS) is 15.7. The maximum absolute atomic E-state index is 11.6. The molecule has 0 radical (unpaired) electrons. The first-order valence-electron chi connectivity index (χ1n) is 12.2. The fourth-order valence-electron chi connectivity index (χ4n) is 3.86. The third kappa shape index (κ3) is 13.2. The monoisotopic (exact) mass is 433 g/mol. The summed E-state index contributed by atoms with van der Waals surface area (Å²) >= 11 is 0. The van der Waals surface area contributed by atoms with Crippen LogP contribution in [0.15, 0.2) is 30.3 Å². The van der Waals surface area contributed by atoms with Crippen LogP contribution in [0.5, 0.6) is 0 Å². The van der Waals surface area contributed by atoms with E-state index >= 15 is 0 Å². The largest absolute Gasteiger partial charge is 0.481 e. The van der Waals surface area contributed by atoms with Gasteiger partial charge in [0.05, 0.1) is 0 Å². The molecule has 1 atom stereocenters. The second kappa shape index (κ2) is 17.8. The Hall–Kier alpha value is -1.88. The lowest BCUT2D eigenvalue weighted by Crippen LogP contribution is -2.25. The number of carbonyl (C=O) groups is 2. The molecule has 2 N–H and O–H groups in total.